The lowest BCUT2D eigenvalue weighted by Crippen LogP contribution is -2.19. The highest BCUT2D eigenvalue weighted by Gasteiger charge is 2.20. The summed E-state index contributed by atoms with van der Waals surface area (Å²) in [6.07, 6.45) is 6.62. The molecule has 1 unspecified atom stereocenters. The maximum Gasteiger partial charge on any atom is 0.196 e. The van der Waals surface area contributed by atoms with E-state index in [0.29, 0.717) is 5.82 Å². The summed E-state index contributed by atoms with van der Waals surface area (Å²) in [7, 11) is 0. The van der Waals surface area contributed by atoms with E-state index in [0.717, 1.165) is 41.8 Å². The monoisotopic (exact) mass is 229 g/mol. The lowest BCUT2D eigenvalue weighted by atomic mass is 9.93. The third-order valence-electron chi connectivity index (χ3n) is 3.29. The van der Waals surface area contributed by atoms with Crippen molar-refractivity contribution in [3.8, 4) is 11.6 Å². The van der Waals surface area contributed by atoms with Gasteiger partial charge < -0.3 is 10.2 Å². The Balaban J connectivity index is 2.07. The van der Waals surface area contributed by atoms with Crippen LogP contribution in [0.15, 0.2) is 22.9 Å². The molecule has 0 aromatic carbocycles. The number of hydrogen-bond donors (Lipinski definition) is 1. The van der Waals surface area contributed by atoms with Crippen LogP contribution in [0, 0.1) is 6.92 Å². The largest absolute Gasteiger partial charge is 0.461 e. The van der Waals surface area contributed by atoms with Gasteiger partial charge >= 0.3 is 0 Å². The third-order valence-corrected chi connectivity index (χ3v) is 3.29. The van der Waals surface area contributed by atoms with Gasteiger partial charge in [0.25, 0.3) is 0 Å². The molecule has 0 fully saturated rings. The molecule has 3 rings (SSSR count). The predicted octanol–water partition coefficient (Wildman–Crippen LogP) is 2.38. The van der Waals surface area contributed by atoms with Gasteiger partial charge in [-0.2, -0.15) is 0 Å². The first-order valence-electron chi connectivity index (χ1n) is 5.91. The molecule has 0 aliphatic heterocycles. The number of nitrogens with zero attached hydrogens (tertiary/aromatic N) is 2. The average molecular weight is 229 g/mol. The van der Waals surface area contributed by atoms with E-state index in [1.165, 1.54) is 0 Å². The van der Waals surface area contributed by atoms with Crippen molar-refractivity contribution in [1.82, 2.24) is 9.97 Å². The topological polar surface area (TPSA) is 64.9 Å². The minimum atomic E-state index is 0.0884. The van der Waals surface area contributed by atoms with Gasteiger partial charge in [-0.25, -0.2) is 9.97 Å². The van der Waals surface area contributed by atoms with Crippen LogP contribution in [0.4, 0.5) is 0 Å². The zero-order chi connectivity index (χ0) is 11.8. The molecular formula is C13H15N3O. The van der Waals surface area contributed by atoms with Gasteiger partial charge in [0.2, 0.25) is 0 Å². The van der Waals surface area contributed by atoms with E-state index in [1.807, 2.05) is 19.2 Å². The molecule has 1 atom stereocenters. The number of fused-ring (bicyclic) bond motifs is 1. The van der Waals surface area contributed by atoms with E-state index < -0.39 is 0 Å². The number of furan rings is 1. The quantitative estimate of drug-likeness (QED) is 0.815. The van der Waals surface area contributed by atoms with Gasteiger partial charge in [-0.3, -0.25) is 0 Å². The van der Waals surface area contributed by atoms with Crippen LogP contribution < -0.4 is 5.73 Å². The molecule has 0 amide bonds. The molecule has 4 nitrogen and oxygen atoms in total. The molecular weight excluding hydrogens is 214 g/mol. The van der Waals surface area contributed by atoms with Gasteiger partial charge in [-0.05, 0) is 37.8 Å². The van der Waals surface area contributed by atoms with E-state index in [-0.39, 0.29) is 6.04 Å². The van der Waals surface area contributed by atoms with Gasteiger partial charge in [0, 0.05) is 23.5 Å². The fraction of sp³-hybridized carbons (Fsp3) is 0.385. The Morgan fingerprint density at radius 1 is 1.47 bits per heavy atom. The van der Waals surface area contributed by atoms with Crippen molar-refractivity contribution in [2.45, 2.75) is 32.2 Å². The fourth-order valence-corrected chi connectivity index (χ4v) is 2.29. The summed E-state index contributed by atoms with van der Waals surface area (Å²) >= 11 is 0. The van der Waals surface area contributed by atoms with Crippen LogP contribution in [0.25, 0.3) is 11.6 Å². The van der Waals surface area contributed by atoms with E-state index in [2.05, 4.69) is 9.97 Å². The Bertz CT molecular complexity index is 547. The van der Waals surface area contributed by atoms with Crippen LogP contribution in [-0.4, -0.2) is 9.97 Å². The first-order valence-corrected chi connectivity index (χ1v) is 5.91. The lowest BCUT2D eigenvalue weighted by Gasteiger charge is -2.20. The molecule has 17 heavy (non-hydrogen) atoms. The molecule has 0 radical (unpaired) electrons. The number of nitrogens with two attached hydrogens (primary N) is 1. The third kappa shape index (κ3) is 1.74. The molecule has 2 heterocycles. The molecule has 4 heteroatoms. The zero-order valence-electron chi connectivity index (χ0n) is 9.81. The normalized spacial score (nSPS) is 19.1. The average Bonchev–Trinajstić information content (AvgIpc) is 2.75. The predicted molar refractivity (Wildman–Crippen MR) is 64.3 cm³/mol. The first-order chi connectivity index (χ1) is 8.25. The standard InChI is InChI=1S/C13H15N3O/c1-8-5-6-17-12(8)13-15-7-9-10(14)3-2-4-11(9)16-13/h5-7,10H,2-4,14H2,1H3. The number of aromatic nitrogens is 2. The molecule has 0 spiro atoms. The van der Waals surface area contributed by atoms with Gasteiger partial charge in [0.15, 0.2) is 11.6 Å². The SMILES string of the molecule is Cc1ccoc1-c1ncc2c(n1)CCCC2N. The number of rotatable bonds is 1. The van der Waals surface area contributed by atoms with Crippen LogP contribution in [0.2, 0.25) is 0 Å². The second-order valence-corrected chi connectivity index (χ2v) is 4.53. The Kier molecular flexibility index (Phi) is 2.44. The molecule has 88 valence electrons. The second-order valence-electron chi connectivity index (χ2n) is 4.53. The maximum absolute atomic E-state index is 6.04. The van der Waals surface area contributed by atoms with Crippen LogP contribution >= 0.6 is 0 Å². The van der Waals surface area contributed by atoms with Gasteiger partial charge in [-0.1, -0.05) is 0 Å². The summed E-state index contributed by atoms with van der Waals surface area (Å²) in [4.78, 5) is 8.94. The van der Waals surface area contributed by atoms with Crippen molar-refractivity contribution in [1.29, 1.82) is 0 Å². The minimum Gasteiger partial charge on any atom is -0.461 e. The van der Waals surface area contributed by atoms with Crippen molar-refractivity contribution in [2.24, 2.45) is 5.73 Å². The van der Waals surface area contributed by atoms with Crippen molar-refractivity contribution in [3.63, 3.8) is 0 Å². The van der Waals surface area contributed by atoms with Crippen LogP contribution in [0.1, 0.15) is 35.7 Å². The van der Waals surface area contributed by atoms with E-state index in [4.69, 9.17) is 10.2 Å². The molecule has 2 aromatic heterocycles. The van der Waals surface area contributed by atoms with Crippen molar-refractivity contribution >= 4 is 0 Å². The van der Waals surface area contributed by atoms with Crippen molar-refractivity contribution < 1.29 is 4.42 Å². The van der Waals surface area contributed by atoms with Gasteiger partial charge in [0.05, 0.1) is 6.26 Å². The molecule has 0 saturated carbocycles. The summed E-state index contributed by atoms with van der Waals surface area (Å²) in [6, 6.07) is 2.01. The van der Waals surface area contributed by atoms with Gasteiger partial charge in [-0.15, -0.1) is 0 Å². The summed E-state index contributed by atoms with van der Waals surface area (Å²) in [5.74, 6) is 1.42. The van der Waals surface area contributed by atoms with Crippen LogP contribution in [0.3, 0.4) is 0 Å². The molecule has 2 aromatic rings. The van der Waals surface area contributed by atoms with Crippen LogP contribution in [-0.2, 0) is 6.42 Å². The fourth-order valence-electron chi connectivity index (χ4n) is 2.29. The number of aryl methyl sites for hydroxylation is 2. The molecule has 1 aliphatic rings. The smallest absolute Gasteiger partial charge is 0.196 e. The second kappa shape index (κ2) is 3.96. The summed E-state index contributed by atoms with van der Waals surface area (Å²) in [5, 5.41) is 0. The highest BCUT2D eigenvalue weighted by molar-refractivity contribution is 5.52. The van der Waals surface area contributed by atoms with Crippen molar-refractivity contribution in [2.75, 3.05) is 0 Å². The Labute approximate surface area is 99.9 Å². The molecule has 0 bridgehead atoms. The molecule has 1 aliphatic carbocycles. The number of hydrogen-bond acceptors (Lipinski definition) is 4. The minimum absolute atomic E-state index is 0.0884. The summed E-state index contributed by atoms with van der Waals surface area (Å²) in [5.41, 5.74) is 9.26. The van der Waals surface area contributed by atoms with E-state index in [1.54, 1.807) is 6.26 Å². The lowest BCUT2D eigenvalue weighted by molar-refractivity contribution is 0.550. The summed E-state index contributed by atoms with van der Waals surface area (Å²) < 4.78 is 5.41. The maximum atomic E-state index is 6.04. The zero-order valence-corrected chi connectivity index (χ0v) is 9.81. The van der Waals surface area contributed by atoms with E-state index in [9.17, 15) is 0 Å². The Morgan fingerprint density at radius 2 is 2.35 bits per heavy atom. The highest BCUT2D eigenvalue weighted by Crippen LogP contribution is 2.28. The van der Waals surface area contributed by atoms with Gasteiger partial charge in [0.1, 0.15) is 0 Å². The first kappa shape index (κ1) is 10.5. The van der Waals surface area contributed by atoms with Crippen LogP contribution in [0.5, 0.6) is 0 Å². The highest BCUT2D eigenvalue weighted by atomic mass is 16.3. The molecule has 2 N–H and O–H groups in total. The molecule has 0 saturated heterocycles. The Hall–Kier alpha value is -1.68. The Morgan fingerprint density at radius 3 is 3.12 bits per heavy atom. The van der Waals surface area contributed by atoms with E-state index >= 15 is 0 Å². The summed E-state index contributed by atoms with van der Waals surface area (Å²) in [6.45, 7) is 1.99. The van der Waals surface area contributed by atoms with Crippen molar-refractivity contribution in [3.05, 3.63) is 35.3 Å².